The highest BCUT2D eigenvalue weighted by atomic mass is 16.6. The van der Waals surface area contributed by atoms with Crippen LogP contribution in [-0.2, 0) is 19.1 Å². The zero-order valence-electron chi connectivity index (χ0n) is 20.9. The second-order valence-corrected chi connectivity index (χ2v) is 11.2. The Morgan fingerprint density at radius 1 is 1.25 bits per heavy atom. The molecule has 6 nitrogen and oxygen atoms in total. The van der Waals surface area contributed by atoms with Crippen molar-refractivity contribution in [2.45, 2.75) is 57.7 Å². The molecule has 0 radical (unpaired) electrons. The van der Waals surface area contributed by atoms with Crippen LogP contribution in [0.1, 0.15) is 51.5 Å². The summed E-state index contributed by atoms with van der Waals surface area (Å²) in [5.41, 5.74) is 1.63. The molecule has 2 heterocycles. The van der Waals surface area contributed by atoms with E-state index in [2.05, 4.69) is 36.2 Å². The molecule has 0 bridgehead atoms. The second-order valence-electron chi connectivity index (χ2n) is 11.2. The van der Waals surface area contributed by atoms with E-state index in [9.17, 15) is 14.7 Å². The van der Waals surface area contributed by atoms with Crippen LogP contribution in [0, 0.1) is 17.3 Å². The van der Waals surface area contributed by atoms with Crippen molar-refractivity contribution in [3.05, 3.63) is 77.4 Å². The summed E-state index contributed by atoms with van der Waals surface area (Å²) in [6, 6.07) is 8.26. The van der Waals surface area contributed by atoms with Crippen LogP contribution in [0.2, 0.25) is 0 Å². The molecule has 1 aliphatic heterocycles. The highest BCUT2D eigenvalue weighted by Crippen LogP contribution is 2.65. The molecule has 3 aliphatic carbocycles. The van der Waals surface area contributed by atoms with Gasteiger partial charge in [0, 0.05) is 61.4 Å². The summed E-state index contributed by atoms with van der Waals surface area (Å²) in [4.78, 5) is 29.4. The van der Waals surface area contributed by atoms with Crippen molar-refractivity contribution in [3.8, 4) is 0 Å². The minimum absolute atomic E-state index is 0.0267. The molecule has 1 fully saturated rings. The van der Waals surface area contributed by atoms with Gasteiger partial charge in [0.1, 0.15) is 17.5 Å². The van der Waals surface area contributed by atoms with Crippen molar-refractivity contribution in [1.29, 1.82) is 0 Å². The number of allylic oxidation sites excluding steroid dienone is 4. The fourth-order valence-electron chi connectivity index (χ4n) is 7.37. The molecule has 36 heavy (non-hydrogen) atoms. The molecule has 1 aromatic heterocycles. The van der Waals surface area contributed by atoms with Crippen molar-refractivity contribution in [2.75, 3.05) is 6.61 Å². The van der Waals surface area contributed by atoms with E-state index in [1.807, 2.05) is 31.3 Å². The molecule has 2 aromatic rings. The predicted molar refractivity (Wildman–Crippen MR) is 135 cm³/mol. The Morgan fingerprint density at radius 2 is 2.08 bits per heavy atom. The lowest BCUT2D eigenvalue weighted by Crippen LogP contribution is -2.42. The lowest BCUT2D eigenvalue weighted by Gasteiger charge is -2.45. The fraction of sp³-hybridized carbons (Fsp3) is 0.433. The number of ketones is 1. The molecule has 6 rings (SSSR count). The number of ether oxygens (including phenoxy) is 2. The topological polar surface area (TPSA) is 85.7 Å². The Morgan fingerprint density at radius 3 is 2.86 bits per heavy atom. The van der Waals surface area contributed by atoms with Gasteiger partial charge in [0.15, 0.2) is 5.78 Å². The molecule has 1 saturated carbocycles. The molecular formula is C30H31NO5. The number of aromatic nitrogens is 1. The number of hydrogen-bond donors (Lipinski definition) is 1. The van der Waals surface area contributed by atoms with Gasteiger partial charge in [-0.05, 0) is 47.9 Å². The molecule has 1 aromatic carbocycles. The highest BCUT2D eigenvalue weighted by molar-refractivity contribution is 6.00. The summed E-state index contributed by atoms with van der Waals surface area (Å²) in [5, 5.41) is 11.9. The summed E-state index contributed by atoms with van der Waals surface area (Å²) in [7, 11) is 0. The number of aliphatic hydroxyl groups excluding tert-OH is 1. The summed E-state index contributed by atoms with van der Waals surface area (Å²) in [6.45, 7) is 5.72. The minimum atomic E-state index is -0.753. The first-order valence-corrected chi connectivity index (χ1v) is 12.7. The maximum absolute atomic E-state index is 12.8. The van der Waals surface area contributed by atoms with Crippen LogP contribution in [0.5, 0.6) is 0 Å². The molecule has 186 valence electrons. The average molecular weight is 486 g/mol. The Labute approximate surface area is 210 Å². The lowest BCUT2D eigenvalue weighted by atomic mass is 9.63. The van der Waals surface area contributed by atoms with E-state index in [1.54, 1.807) is 6.20 Å². The summed E-state index contributed by atoms with van der Waals surface area (Å²) in [6.07, 6.45) is 11.3. The number of nitrogens with zero attached hydrogens (tertiary/aromatic N) is 1. The normalized spacial score (nSPS) is 35.0. The summed E-state index contributed by atoms with van der Waals surface area (Å²) >= 11 is 0. The molecule has 2 unspecified atom stereocenters. The highest BCUT2D eigenvalue weighted by Gasteiger charge is 2.63. The number of rotatable bonds is 3. The van der Waals surface area contributed by atoms with E-state index in [0.29, 0.717) is 30.6 Å². The van der Waals surface area contributed by atoms with Crippen molar-refractivity contribution < 1.29 is 24.2 Å². The van der Waals surface area contributed by atoms with Gasteiger partial charge in [-0.3, -0.25) is 14.6 Å². The molecule has 4 aliphatic rings. The van der Waals surface area contributed by atoms with E-state index in [-0.39, 0.29) is 47.6 Å². The zero-order valence-corrected chi connectivity index (χ0v) is 20.9. The number of esters is 1. The van der Waals surface area contributed by atoms with E-state index < -0.39 is 5.60 Å². The first-order valence-electron chi connectivity index (χ1n) is 12.7. The second kappa shape index (κ2) is 8.13. The third-order valence-corrected chi connectivity index (χ3v) is 8.78. The molecular weight excluding hydrogens is 454 g/mol. The minimum Gasteiger partial charge on any atom is -0.489 e. The Hall–Kier alpha value is -3.25. The van der Waals surface area contributed by atoms with Crippen LogP contribution in [0.25, 0.3) is 10.8 Å². The van der Waals surface area contributed by atoms with Gasteiger partial charge in [0.2, 0.25) is 0 Å². The number of pyridine rings is 1. The van der Waals surface area contributed by atoms with E-state index >= 15 is 0 Å². The number of Topliss-reactive ketones (excluding diaryl/α,β-unsaturated/α-hetero) is 1. The summed E-state index contributed by atoms with van der Waals surface area (Å²) < 4.78 is 12.8. The van der Waals surface area contributed by atoms with Crippen LogP contribution < -0.4 is 0 Å². The van der Waals surface area contributed by atoms with E-state index in [4.69, 9.17) is 9.47 Å². The van der Waals surface area contributed by atoms with Crippen molar-refractivity contribution in [1.82, 2.24) is 4.98 Å². The van der Waals surface area contributed by atoms with Crippen molar-refractivity contribution >= 4 is 22.5 Å². The Balaban J connectivity index is 1.48. The van der Waals surface area contributed by atoms with Gasteiger partial charge in [-0.25, -0.2) is 0 Å². The first kappa shape index (κ1) is 23.2. The van der Waals surface area contributed by atoms with Crippen LogP contribution >= 0.6 is 0 Å². The van der Waals surface area contributed by atoms with Gasteiger partial charge in [-0.15, -0.1) is 0 Å². The van der Waals surface area contributed by atoms with Gasteiger partial charge in [-0.2, -0.15) is 0 Å². The lowest BCUT2D eigenvalue weighted by molar-refractivity contribution is -0.157. The maximum Gasteiger partial charge on any atom is 0.303 e. The Bertz CT molecular complexity index is 1370. The number of fused-ring (bicyclic) bond motifs is 4. The number of carbonyl (C=O) groups excluding carboxylic acids is 2. The van der Waals surface area contributed by atoms with Gasteiger partial charge in [0.05, 0.1) is 5.57 Å². The molecule has 6 heteroatoms. The quantitative estimate of drug-likeness (QED) is 0.630. The largest absolute Gasteiger partial charge is 0.489 e. The van der Waals surface area contributed by atoms with E-state index in [0.717, 1.165) is 21.9 Å². The molecule has 0 amide bonds. The number of benzene rings is 1. The molecule has 0 saturated heterocycles. The molecule has 0 spiro atoms. The van der Waals surface area contributed by atoms with Crippen LogP contribution in [-0.4, -0.2) is 40.2 Å². The average Bonchev–Trinajstić information content (AvgIpc) is 3.08. The smallest absolute Gasteiger partial charge is 0.303 e. The van der Waals surface area contributed by atoms with Gasteiger partial charge in [-0.1, -0.05) is 37.3 Å². The molecule has 1 N–H and O–H groups in total. The molecule has 6 atom stereocenters. The fourth-order valence-corrected chi connectivity index (χ4v) is 7.37. The monoisotopic (exact) mass is 485 g/mol. The first-order chi connectivity index (χ1) is 17.2. The van der Waals surface area contributed by atoms with Crippen LogP contribution in [0.3, 0.4) is 0 Å². The summed E-state index contributed by atoms with van der Waals surface area (Å²) in [5.74, 6) is 0.221. The van der Waals surface area contributed by atoms with Gasteiger partial charge >= 0.3 is 5.97 Å². The number of aliphatic hydroxyl groups is 1. The van der Waals surface area contributed by atoms with Gasteiger partial charge in [0.25, 0.3) is 0 Å². The number of hydrogen-bond acceptors (Lipinski definition) is 6. The van der Waals surface area contributed by atoms with Crippen molar-refractivity contribution in [2.24, 2.45) is 17.3 Å². The maximum atomic E-state index is 12.8. The number of carbonyl (C=O) groups is 2. The SMILES string of the molecule is CC(=O)OC1(C)C[C@H]2[C@@H]3OC4=C(C=C3C=C[C@]2(C)[C@H]1c1cccc2cnccc12)C(=O)CC(CO)C4. The van der Waals surface area contributed by atoms with Crippen molar-refractivity contribution in [3.63, 3.8) is 0 Å². The Kier molecular flexibility index (Phi) is 5.23. The standard InChI is InChI=1S/C30H31NO5/c1-17(33)36-30(3)14-24-27-19(13-23-25(34)11-18(16-32)12-26(23)35-27)7-9-29(24,2)28(30)22-6-4-5-20-15-31-10-8-21(20)22/h4-10,13,15,18,24,27-28,32H,11-12,14,16H2,1-3H3/t18?,24-,27+,28+,29-,30?/m0/s1. The van der Waals surface area contributed by atoms with E-state index in [1.165, 1.54) is 6.92 Å². The third kappa shape index (κ3) is 3.38. The third-order valence-electron chi connectivity index (χ3n) is 8.78. The van der Waals surface area contributed by atoms with Crippen LogP contribution in [0.4, 0.5) is 0 Å². The van der Waals surface area contributed by atoms with Crippen LogP contribution in [0.15, 0.2) is 71.8 Å². The zero-order chi connectivity index (χ0) is 25.2. The predicted octanol–water partition coefficient (Wildman–Crippen LogP) is 4.79. The van der Waals surface area contributed by atoms with Gasteiger partial charge < -0.3 is 14.6 Å².